The van der Waals surface area contributed by atoms with Crippen LogP contribution in [-0.4, -0.2) is 5.11 Å². The molecule has 0 bridgehead atoms. The summed E-state index contributed by atoms with van der Waals surface area (Å²) < 4.78 is 0. The Morgan fingerprint density at radius 1 is 1.53 bits per heavy atom. The molecule has 0 amide bonds. The highest BCUT2D eigenvalue weighted by molar-refractivity contribution is 5.42. The van der Waals surface area contributed by atoms with Crippen LogP contribution in [0.25, 0.3) is 0 Å². The maximum absolute atomic E-state index is 9.64. The van der Waals surface area contributed by atoms with Gasteiger partial charge in [-0.15, -0.1) is 0 Å². The highest BCUT2D eigenvalue weighted by atomic mass is 16.3. The summed E-state index contributed by atoms with van der Waals surface area (Å²) in [4.78, 5) is 0. The quantitative estimate of drug-likeness (QED) is 0.788. The number of benzene rings is 1. The third kappa shape index (κ3) is 2.28. The van der Waals surface area contributed by atoms with Crippen LogP contribution in [0.5, 0.6) is 5.75 Å². The minimum absolute atomic E-state index is 0.147. The van der Waals surface area contributed by atoms with Gasteiger partial charge in [0.1, 0.15) is 5.75 Å². The summed E-state index contributed by atoms with van der Waals surface area (Å²) in [6.07, 6.45) is 3.39. The lowest BCUT2D eigenvalue weighted by Gasteiger charge is -2.13. The molecule has 0 unspecified atom stereocenters. The Balaban J connectivity index is 2.20. The molecule has 15 heavy (non-hydrogen) atoms. The average molecular weight is 202 g/mol. The van der Waals surface area contributed by atoms with Crippen molar-refractivity contribution in [2.75, 3.05) is 0 Å². The van der Waals surface area contributed by atoms with Crippen molar-refractivity contribution in [1.82, 2.24) is 0 Å². The van der Waals surface area contributed by atoms with Gasteiger partial charge in [0.05, 0.1) is 11.6 Å². The number of nitrogens with two attached hydrogens (primary N) is 1. The molecule has 0 aliphatic heterocycles. The summed E-state index contributed by atoms with van der Waals surface area (Å²) in [5.41, 5.74) is 7.24. The molecule has 3 heteroatoms. The van der Waals surface area contributed by atoms with Crippen LogP contribution in [0.2, 0.25) is 0 Å². The van der Waals surface area contributed by atoms with Gasteiger partial charge in [0.25, 0.3) is 0 Å². The zero-order valence-corrected chi connectivity index (χ0v) is 8.48. The second kappa shape index (κ2) is 3.92. The number of hydrogen-bond donors (Lipinski definition) is 2. The molecule has 1 saturated carbocycles. The molecule has 1 aliphatic carbocycles. The Morgan fingerprint density at radius 3 is 2.87 bits per heavy atom. The van der Waals surface area contributed by atoms with Crippen LogP contribution < -0.4 is 5.73 Å². The van der Waals surface area contributed by atoms with Gasteiger partial charge in [-0.1, -0.05) is 12.8 Å². The summed E-state index contributed by atoms with van der Waals surface area (Å²) in [5, 5.41) is 18.4. The Bertz CT molecular complexity index is 405. The lowest BCUT2D eigenvalue weighted by Crippen LogP contribution is -2.11. The maximum atomic E-state index is 9.64. The molecule has 1 aromatic rings. The fourth-order valence-corrected chi connectivity index (χ4v) is 1.76. The lowest BCUT2D eigenvalue weighted by atomic mass is 9.99. The minimum atomic E-state index is -0.147. The first kappa shape index (κ1) is 10.0. The van der Waals surface area contributed by atoms with E-state index in [-0.39, 0.29) is 11.8 Å². The van der Waals surface area contributed by atoms with Gasteiger partial charge < -0.3 is 10.8 Å². The highest BCUT2D eigenvalue weighted by Gasteiger charge is 2.25. The lowest BCUT2D eigenvalue weighted by molar-refractivity contribution is 0.455. The predicted octanol–water partition coefficient (Wildman–Crippen LogP) is 2.06. The fraction of sp³-hybridized carbons (Fsp3) is 0.417. The van der Waals surface area contributed by atoms with Gasteiger partial charge in [-0.25, -0.2) is 0 Å². The van der Waals surface area contributed by atoms with Crippen LogP contribution >= 0.6 is 0 Å². The zero-order chi connectivity index (χ0) is 10.8. The van der Waals surface area contributed by atoms with E-state index in [4.69, 9.17) is 11.0 Å². The van der Waals surface area contributed by atoms with E-state index in [1.54, 1.807) is 18.2 Å². The van der Waals surface area contributed by atoms with Gasteiger partial charge in [-0.3, -0.25) is 0 Å². The molecule has 78 valence electrons. The molecule has 3 nitrogen and oxygen atoms in total. The average Bonchev–Trinajstić information content (AvgIpc) is 3.02. The molecule has 1 aromatic carbocycles. The molecular formula is C12H14N2O. The number of nitriles is 1. The standard InChI is InChI=1S/C12H14N2O/c13-7-9-3-4-12(15)10(5-9)11(14)6-8-1-2-8/h3-5,8,11,15H,1-2,6,14H2/t11-/m0/s1. The van der Waals surface area contributed by atoms with Crippen LogP contribution in [0.4, 0.5) is 0 Å². The van der Waals surface area contributed by atoms with Gasteiger partial charge >= 0.3 is 0 Å². The maximum Gasteiger partial charge on any atom is 0.120 e. The van der Waals surface area contributed by atoms with Crippen molar-refractivity contribution in [3.8, 4) is 11.8 Å². The van der Waals surface area contributed by atoms with Crippen molar-refractivity contribution in [1.29, 1.82) is 5.26 Å². The Morgan fingerprint density at radius 2 is 2.27 bits per heavy atom. The van der Waals surface area contributed by atoms with Crippen LogP contribution in [0, 0.1) is 17.2 Å². The number of rotatable bonds is 3. The van der Waals surface area contributed by atoms with E-state index in [1.165, 1.54) is 12.8 Å². The molecule has 1 aliphatic rings. The van der Waals surface area contributed by atoms with E-state index in [2.05, 4.69) is 6.07 Å². The first-order valence-electron chi connectivity index (χ1n) is 5.19. The third-order valence-electron chi connectivity index (χ3n) is 2.84. The van der Waals surface area contributed by atoms with Crippen molar-refractivity contribution in [2.45, 2.75) is 25.3 Å². The number of nitrogens with zero attached hydrogens (tertiary/aromatic N) is 1. The number of phenolic OH excluding ortho intramolecular Hbond substituents is 1. The molecule has 2 rings (SSSR count). The summed E-state index contributed by atoms with van der Waals surface area (Å²) in [6.45, 7) is 0. The van der Waals surface area contributed by atoms with Gasteiger partial charge in [-0.05, 0) is 30.5 Å². The Kier molecular flexibility index (Phi) is 2.61. The molecule has 0 saturated heterocycles. The van der Waals surface area contributed by atoms with E-state index < -0.39 is 0 Å². The molecule has 1 atom stereocenters. The predicted molar refractivity (Wildman–Crippen MR) is 57.1 cm³/mol. The fourth-order valence-electron chi connectivity index (χ4n) is 1.76. The second-order valence-corrected chi connectivity index (χ2v) is 4.17. The molecule has 0 spiro atoms. The first-order valence-corrected chi connectivity index (χ1v) is 5.19. The molecule has 0 heterocycles. The van der Waals surface area contributed by atoms with Gasteiger partial charge in [-0.2, -0.15) is 5.26 Å². The summed E-state index contributed by atoms with van der Waals surface area (Å²) in [6, 6.07) is 6.73. The number of hydrogen-bond acceptors (Lipinski definition) is 3. The van der Waals surface area contributed by atoms with Crippen LogP contribution in [0.15, 0.2) is 18.2 Å². The van der Waals surface area contributed by atoms with Gasteiger partial charge in [0.2, 0.25) is 0 Å². The normalized spacial score (nSPS) is 17.1. The number of phenols is 1. The minimum Gasteiger partial charge on any atom is -0.508 e. The van der Waals surface area contributed by atoms with E-state index in [1.807, 2.05) is 0 Å². The van der Waals surface area contributed by atoms with Crippen LogP contribution in [0.3, 0.4) is 0 Å². The molecule has 0 radical (unpaired) electrons. The van der Waals surface area contributed by atoms with Crippen LogP contribution in [0.1, 0.15) is 36.4 Å². The first-order chi connectivity index (χ1) is 7.20. The molecule has 1 fully saturated rings. The molecular weight excluding hydrogens is 188 g/mol. The van der Waals surface area contributed by atoms with E-state index in [0.717, 1.165) is 6.42 Å². The van der Waals surface area contributed by atoms with E-state index in [0.29, 0.717) is 17.0 Å². The monoisotopic (exact) mass is 202 g/mol. The largest absolute Gasteiger partial charge is 0.508 e. The highest BCUT2D eigenvalue weighted by Crippen LogP contribution is 2.38. The number of aromatic hydroxyl groups is 1. The van der Waals surface area contributed by atoms with E-state index >= 15 is 0 Å². The van der Waals surface area contributed by atoms with Crippen LogP contribution in [-0.2, 0) is 0 Å². The third-order valence-corrected chi connectivity index (χ3v) is 2.84. The van der Waals surface area contributed by atoms with Gasteiger partial charge in [0.15, 0.2) is 0 Å². The van der Waals surface area contributed by atoms with Crippen molar-refractivity contribution >= 4 is 0 Å². The Hall–Kier alpha value is -1.53. The van der Waals surface area contributed by atoms with Crippen molar-refractivity contribution in [3.05, 3.63) is 29.3 Å². The molecule has 3 N–H and O–H groups in total. The Labute approximate surface area is 89.1 Å². The smallest absolute Gasteiger partial charge is 0.120 e. The van der Waals surface area contributed by atoms with Crippen molar-refractivity contribution in [3.63, 3.8) is 0 Å². The van der Waals surface area contributed by atoms with Crippen molar-refractivity contribution in [2.24, 2.45) is 11.7 Å². The van der Waals surface area contributed by atoms with Crippen molar-refractivity contribution < 1.29 is 5.11 Å². The summed E-state index contributed by atoms with van der Waals surface area (Å²) >= 11 is 0. The second-order valence-electron chi connectivity index (χ2n) is 4.17. The topological polar surface area (TPSA) is 70.0 Å². The summed E-state index contributed by atoms with van der Waals surface area (Å²) in [7, 11) is 0. The van der Waals surface area contributed by atoms with E-state index in [9.17, 15) is 5.11 Å². The van der Waals surface area contributed by atoms with Gasteiger partial charge in [0, 0.05) is 11.6 Å². The SMILES string of the molecule is N#Cc1ccc(O)c([C@@H](N)CC2CC2)c1. The zero-order valence-electron chi connectivity index (χ0n) is 8.48. The summed E-state index contributed by atoms with van der Waals surface area (Å²) in [5.74, 6) is 0.910. The molecule has 0 aromatic heterocycles.